The molecular weight excluding hydrogens is 388 g/mol. The highest BCUT2D eigenvalue weighted by Crippen LogP contribution is 2.27. The van der Waals surface area contributed by atoms with Gasteiger partial charge in [0.1, 0.15) is 5.75 Å². The second-order valence-corrected chi connectivity index (χ2v) is 8.34. The molecule has 1 unspecified atom stereocenters. The number of guanidine groups is 1. The predicted octanol–water partition coefficient (Wildman–Crippen LogP) is 3.58. The summed E-state index contributed by atoms with van der Waals surface area (Å²) in [6, 6.07) is 5.82. The van der Waals surface area contributed by atoms with E-state index in [1.54, 1.807) is 13.2 Å². The zero-order chi connectivity index (χ0) is 20.6. The highest BCUT2D eigenvalue weighted by Gasteiger charge is 2.31. The molecule has 1 aliphatic heterocycles. The van der Waals surface area contributed by atoms with E-state index in [-0.39, 0.29) is 12.0 Å². The summed E-state index contributed by atoms with van der Waals surface area (Å²) in [4.78, 5) is 19.5. The molecule has 0 spiro atoms. The second kappa shape index (κ2) is 10.7. The normalized spacial score (nSPS) is 20.6. The third-order valence-electron chi connectivity index (χ3n) is 5.80. The van der Waals surface area contributed by atoms with Crippen molar-refractivity contribution in [1.29, 1.82) is 0 Å². The van der Waals surface area contributed by atoms with E-state index in [1.807, 2.05) is 24.0 Å². The van der Waals surface area contributed by atoms with Gasteiger partial charge in [0.25, 0.3) is 0 Å². The molecule has 1 aliphatic carbocycles. The number of amides is 1. The Morgan fingerprint density at radius 3 is 2.79 bits per heavy atom. The number of rotatable bonds is 6. The second-order valence-electron chi connectivity index (χ2n) is 7.90. The van der Waals surface area contributed by atoms with Crippen LogP contribution in [-0.4, -0.2) is 49.6 Å². The van der Waals surface area contributed by atoms with Crippen LogP contribution in [0.15, 0.2) is 23.2 Å². The number of carbonyl (C=O) groups is 1. The van der Waals surface area contributed by atoms with E-state index in [2.05, 4.69) is 10.6 Å². The molecule has 1 aromatic carbocycles. The van der Waals surface area contributed by atoms with Crippen LogP contribution in [0.25, 0.3) is 0 Å². The SMILES string of the molecule is CCNC(=NCc1ccc(Cl)cc1OC)NC1CCN(C(=O)C2CCCCC2)C1. The fraction of sp³-hybridized carbons (Fsp3) is 0.636. The maximum absolute atomic E-state index is 12.8. The number of nitrogens with zero attached hydrogens (tertiary/aromatic N) is 2. The lowest BCUT2D eigenvalue weighted by atomic mass is 9.88. The minimum absolute atomic E-state index is 0.229. The van der Waals surface area contributed by atoms with Crippen LogP contribution in [0.1, 0.15) is 51.0 Å². The number of hydrogen-bond acceptors (Lipinski definition) is 3. The van der Waals surface area contributed by atoms with Gasteiger partial charge in [-0.15, -0.1) is 0 Å². The van der Waals surface area contributed by atoms with Gasteiger partial charge in [-0.05, 0) is 38.3 Å². The lowest BCUT2D eigenvalue weighted by Crippen LogP contribution is -2.45. The summed E-state index contributed by atoms with van der Waals surface area (Å²) >= 11 is 6.04. The van der Waals surface area contributed by atoms with E-state index < -0.39 is 0 Å². The third kappa shape index (κ3) is 6.01. The van der Waals surface area contributed by atoms with Crippen LogP contribution >= 0.6 is 11.6 Å². The van der Waals surface area contributed by atoms with Gasteiger partial charge in [-0.25, -0.2) is 4.99 Å². The van der Waals surface area contributed by atoms with Gasteiger partial charge in [0.2, 0.25) is 5.91 Å². The van der Waals surface area contributed by atoms with Crippen molar-refractivity contribution in [3.8, 4) is 5.75 Å². The Balaban J connectivity index is 1.57. The first-order chi connectivity index (χ1) is 14.1. The van der Waals surface area contributed by atoms with Crippen LogP contribution in [0.5, 0.6) is 5.75 Å². The number of methoxy groups -OCH3 is 1. The Kier molecular flexibility index (Phi) is 8.04. The lowest BCUT2D eigenvalue weighted by Gasteiger charge is -2.26. The molecule has 1 atom stereocenters. The first-order valence-electron chi connectivity index (χ1n) is 10.8. The number of benzene rings is 1. The number of likely N-dealkylation sites (tertiary alicyclic amines) is 1. The van der Waals surface area contributed by atoms with Crippen LogP contribution in [-0.2, 0) is 11.3 Å². The van der Waals surface area contributed by atoms with Crippen LogP contribution in [0.2, 0.25) is 5.02 Å². The maximum atomic E-state index is 12.8. The zero-order valence-corrected chi connectivity index (χ0v) is 18.3. The predicted molar refractivity (Wildman–Crippen MR) is 118 cm³/mol. The molecule has 2 fully saturated rings. The number of halogens is 1. The van der Waals surface area contributed by atoms with Crippen LogP contribution in [0.3, 0.4) is 0 Å². The van der Waals surface area contributed by atoms with E-state index in [0.717, 1.165) is 56.2 Å². The van der Waals surface area contributed by atoms with Crippen molar-refractivity contribution in [3.63, 3.8) is 0 Å². The molecule has 6 nitrogen and oxygen atoms in total. The Labute approximate surface area is 179 Å². The minimum atomic E-state index is 0.229. The molecule has 0 bridgehead atoms. The average molecular weight is 421 g/mol. The number of ether oxygens (including phenoxy) is 1. The molecular formula is C22H33ClN4O2. The molecule has 7 heteroatoms. The average Bonchev–Trinajstić information content (AvgIpc) is 3.21. The molecule has 160 valence electrons. The largest absolute Gasteiger partial charge is 0.496 e. The minimum Gasteiger partial charge on any atom is -0.496 e. The Morgan fingerprint density at radius 2 is 2.07 bits per heavy atom. The lowest BCUT2D eigenvalue weighted by molar-refractivity contribution is -0.135. The number of aliphatic imine (C=N–C) groups is 1. The summed E-state index contributed by atoms with van der Waals surface area (Å²) in [7, 11) is 1.64. The first-order valence-corrected chi connectivity index (χ1v) is 11.1. The summed E-state index contributed by atoms with van der Waals surface area (Å²) in [5.74, 6) is 2.09. The smallest absolute Gasteiger partial charge is 0.225 e. The van der Waals surface area contributed by atoms with Gasteiger partial charge in [-0.3, -0.25) is 4.79 Å². The van der Waals surface area contributed by atoms with Gasteiger partial charge in [0, 0.05) is 42.2 Å². The fourth-order valence-corrected chi connectivity index (χ4v) is 4.37. The molecule has 1 amide bonds. The molecule has 1 saturated heterocycles. The molecule has 0 radical (unpaired) electrons. The van der Waals surface area contributed by atoms with Crippen molar-refractivity contribution in [2.45, 2.75) is 58.0 Å². The molecule has 29 heavy (non-hydrogen) atoms. The monoisotopic (exact) mass is 420 g/mol. The fourth-order valence-electron chi connectivity index (χ4n) is 4.21. The molecule has 0 aromatic heterocycles. The van der Waals surface area contributed by atoms with Crippen molar-refractivity contribution < 1.29 is 9.53 Å². The standard InChI is InChI=1S/C22H33ClN4O2/c1-3-24-22(25-14-17-9-10-18(23)13-20(17)29-2)26-19-11-12-27(15-19)21(28)16-7-5-4-6-8-16/h9-10,13,16,19H,3-8,11-12,14-15H2,1-2H3,(H2,24,25,26). The van der Waals surface area contributed by atoms with Crippen molar-refractivity contribution in [1.82, 2.24) is 15.5 Å². The van der Waals surface area contributed by atoms with Gasteiger partial charge in [-0.2, -0.15) is 0 Å². The number of nitrogens with one attached hydrogen (secondary N) is 2. The molecule has 1 saturated carbocycles. The Hall–Kier alpha value is -1.95. The third-order valence-corrected chi connectivity index (χ3v) is 6.03. The summed E-state index contributed by atoms with van der Waals surface area (Å²) in [6.45, 7) is 4.91. The topological polar surface area (TPSA) is 66.0 Å². The summed E-state index contributed by atoms with van der Waals surface area (Å²) in [5, 5.41) is 7.45. The Morgan fingerprint density at radius 1 is 1.28 bits per heavy atom. The van der Waals surface area contributed by atoms with Gasteiger partial charge in [0.15, 0.2) is 5.96 Å². The van der Waals surface area contributed by atoms with E-state index in [4.69, 9.17) is 21.3 Å². The van der Waals surface area contributed by atoms with Crippen LogP contribution < -0.4 is 15.4 Å². The van der Waals surface area contributed by atoms with Crippen molar-refractivity contribution in [2.75, 3.05) is 26.7 Å². The summed E-state index contributed by atoms with van der Waals surface area (Å²) in [6.07, 6.45) is 6.72. The summed E-state index contributed by atoms with van der Waals surface area (Å²) < 4.78 is 5.41. The molecule has 1 aromatic rings. The van der Waals surface area contributed by atoms with E-state index in [0.29, 0.717) is 17.5 Å². The molecule has 2 aliphatic rings. The molecule has 2 N–H and O–H groups in total. The van der Waals surface area contributed by atoms with Crippen molar-refractivity contribution in [2.24, 2.45) is 10.9 Å². The Bertz CT molecular complexity index is 719. The molecule has 1 heterocycles. The van der Waals surface area contributed by atoms with E-state index >= 15 is 0 Å². The highest BCUT2D eigenvalue weighted by atomic mass is 35.5. The van der Waals surface area contributed by atoms with E-state index in [1.165, 1.54) is 19.3 Å². The van der Waals surface area contributed by atoms with Crippen LogP contribution in [0.4, 0.5) is 0 Å². The van der Waals surface area contributed by atoms with Gasteiger partial charge in [0.05, 0.1) is 13.7 Å². The quantitative estimate of drug-likeness (QED) is 0.545. The molecule has 3 rings (SSSR count). The van der Waals surface area contributed by atoms with Gasteiger partial charge >= 0.3 is 0 Å². The zero-order valence-electron chi connectivity index (χ0n) is 17.5. The summed E-state index contributed by atoms with van der Waals surface area (Å²) in [5.41, 5.74) is 0.981. The van der Waals surface area contributed by atoms with Gasteiger partial charge in [-0.1, -0.05) is 36.9 Å². The van der Waals surface area contributed by atoms with Crippen molar-refractivity contribution >= 4 is 23.5 Å². The van der Waals surface area contributed by atoms with Crippen LogP contribution in [0, 0.1) is 5.92 Å². The first kappa shape index (κ1) is 21.8. The highest BCUT2D eigenvalue weighted by molar-refractivity contribution is 6.30. The number of hydrogen-bond donors (Lipinski definition) is 2. The maximum Gasteiger partial charge on any atom is 0.225 e. The van der Waals surface area contributed by atoms with Gasteiger partial charge < -0.3 is 20.3 Å². The van der Waals surface area contributed by atoms with E-state index in [9.17, 15) is 4.79 Å². The van der Waals surface area contributed by atoms with Crippen molar-refractivity contribution in [3.05, 3.63) is 28.8 Å². The number of carbonyl (C=O) groups excluding carboxylic acids is 1.